The number of rotatable bonds is 7. The lowest BCUT2D eigenvalue weighted by molar-refractivity contribution is 0.0948. The summed E-state index contributed by atoms with van der Waals surface area (Å²) in [5.74, 6) is 0.353. The lowest BCUT2D eigenvalue weighted by atomic mass is 10.3. The number of hydrogen-bond acceptors (Lipinski definition) is 6. The number of amides is 1. The van der Waals surface area contributed by atoms with E-state index in [4.69, 9.17) is 4.42 Å². The lowest BCUT2D eigenvalue weighted by Gasteiger charge is -2.05. The van der Waals surface area contributed by atoms with Gasteiger partial charge in [0, 0.05) is 10.7 Å². The molecule has 1 aromatic carbocycles. The number of pyridine rings is 1. The summed E-state index contributed by atoms with van der Waals surface area (Å²) >= 11 is 3.28. The van der Waals surface area contributed by atoms with Crippen LogP contribution in [0.4, 0.5) is 0 Å². The average molecular weight is 530 g/mol. The quantitative estimate of drug-likeness (QED) is 0.280. The highest BCUT2D eigenvalue weighted by molar-refractivity contribution is 9.10. The van der Waals surface area contributed by atoms with Crippen LogP contribution in [-0.4, -0.2) is 29.9 Å². The van der Waals surface area contributed by atoms with Gasteiger partial charge >= 0.3 is 0 Å². The number of sulfonamides is 1. The minimum Gasteiger partial charge on any atom is -0.459 e. The molecule has 0 atom stereocenters. The normalized spacial score (nSPS) is 12.0. The number of imidazole rings is 1. The van der Waals surface area contributed by atoms with Gasteiger partial charge in [-0.15, -0.1) is 0 Å². The van der Waals surface area contributed by atoms with Crippen molar-refractivity contribution in [2.24, 2.45) is 5.10 Å². The molecule has 4 rings (SSSR count). The van der Waals surface area contributed by atoms with Crippen LogP contribution in [0.25, 0.3) is 5.65 Å². The molecule has 0 unspecified atom stereocenters. The minimum absolute atomic E-state index is 0.0288. The van der Waals surface area contributed by atoms with Crippen LogP contribution in [0.15, 0.2) is 73.6 Å². The van der Waals surface area contributed by atoms with E-state index in [1.54, 1.807) is 35.6 Å². The van der Waals surface area contributed by atoms with E-state index in [0.29, 0.717) is 28.6 Å². The van der Waals surface area contributed by atoms with E-state index < -0.39 is 15.9 Å². The highest BCUT2D eigenvalue weighted by Crippen LogP contribution is 2.16. The molecule has 3 heterocycles. The summed E-state index contributed by atoms with van der Waals surface area (Å²) in [7, 11) is -3.67. The van der Waals surface area contributed by atoms with Crippen molar-refractivity contribution < 1.29 is 17.6 Å². The topological polar surface area (TPSA) is 118 Å². The van der Waals surface area contributed by atoms with Gasteiger partial charge in [-0.25, -0.2) is 23.5 Å². The molecule has 2 N–H and O–H groups in total. The summed E-state index contributed by atoms with van der Waals surface area (Å²) in [5, 5.41) is 3.94. The number of hydrogen-bond donors (Lipinski definition) is 2. The Labute approximate surface area is 198 Å². The first-order chi connectivity index (χ1) is 15.7. The van der Waals surface area contributed by atoms with Crippen LogP contribution < -0.4 is 10.1 Å². The van der Waals surface area contributed by atoms with Crippen molar-refractivity contribution in [3.8, 4) is 0 Å². The molecule has 0 bridgehead atoms. The molecule has 0 aliphatic carbocycles. The van der Waals surface area contributed by atoms with Crippen molar-refractivity contribution >= 4 is 43.7 Å². The van der Waals surface area contributed by atoms with E-state index in [-0.39, 0.29) is 11.4 Å². The molecule has 33 heavy (non-hydrogen) atoms. The molecule has 11 heteroatoms. The molecular weight excluding hydrogens is 510 g/mol. The Hall–Kier alpha value is -3.28. The maximum Gasteiger partial charge on any atom is 0.290 e. The molecule has 0 saturated carbocycles. The van der Waals surface area contributed by atoms with Crippen molar-refractivity contribution in [2.75, 3.05) is 0 Å². The Morgan fingerprint density at radius 2 is 1.91 bits per heavy atom. The van der Waals surface area contributed by atoms with E-state index in [1.165, 1.54) is 18.3 Å². The fraction of sp³-hybridized carbons (Fsp3) is 0.136. The Morgan fingerprint density at radius 1 is 1.15 bits per heavy atom. The van der Waals surface area contributed by atoms with Crippen molar-refractivity contribution in [2.45, 2.75) is 25.3 Å². The number of nitrogens with zero attached hydrogens (tertiary/aromatic N) is 3. The molecule has 4 aromatic rings. The van der Waals surface area contributed by atoms with Crippen molar-refractivity contribution in [1.82, 2.24) is 19.5 Å². The zero-order valence-electron chi connectivity index (χ0n) is 17.7. The van der Waals surface area contributed by atoms with Crippen LogP contribution in [0.1, 0.15) is 33.3 Å². The molecule has 0 fully saturated rings. The van der Waals surface area contributed by atoms with Crippen LogP contribution in [0.3, 0.4) is 0 Å². The van der Waals surface area contributed by atoms with Crippen molar-refractivity contribution in [3.05, 3.63) is 87.7 Å². The lowest BCUT2D eigenvalue weighted by Crippen LogP contribution is -2.22. The van der Waals surface area contributed by atoms with E-state index >= 15 is 0 Å². The number of carbonyl (C=O) groups is 1. The molecular formula is C22H20BrN5O4S. The van der Waals surface area contributed by atoms with Crippen molar-refractivity contribution in [3.63, 3.8) is 0 Å². The number of halogens is 1. The SMILES string of the molecule is Cc1ccc2nc(C)c(C(=O)N/N=C/c3ccc(CNS(=O)(=O)c4ccc(Br)cc4)o3)n2c1. The van der Waals surface area contributed by atoms with E-state index in [0.717, 1.165) is 10.0 Å². The summed E-state index contributed by atoms with van der Waals surface area (Å²) < 4.78 is 35.3. The Morgan fingerprint density at radius 3 is 2.67 bits per heavy atom. The Kier molecular flexibility index (Phi) is 6.45. The number of aromatic nitrogens is 2. The number of hydrazone groups is 1. The largest absolute Gasteiger partial charge is 0.459 e. The second-order valence-electron chi connectivity index (χ2n) is 7.26. The standard InChI is InChI=1S/C22H20BrN5O4S/c1-14-3-10-20-26-15(2)21(28(20)13-14)22(29)27-24-11-17-6-7-18(32-17)12-25-33(30,31)19-8-4-16(23)5-9-19/h3-11,13,25H,12H2,1-2H3,(H,27,29)/b24-11+. The Bertz CT molecular complexity index is 1460. The monoisotopic (exact) mass is 529 g/mol. The number of fused-ring (bicyclic) bond motifs is 1. The smallest absolute Gasteiger partial charge is 0.290 e. The van der Waals surface area contributed by atoms with Crippen LogP contribution >= 0.6 is 15.9 Å². The van der Waals surface area contributed by atoms with Crippen LogP contribution in [0.2, 0.25) is 0 Å². The van der Waals surface area contributed by atoms with E-state index in [1.807, 2.05) is 25.3 Å². The third-order valence-electron chi connectivity index (χ3n) is 4.76. The third kappa shape index (κ3) is 5.21. The van der Waals surface area contributed by atoms with Gasteiger partial charge in [-0.3, -0.25) is 9.20 Å². The zero-order chi connectivity index (χ0) is 23.6. The van der Waals surface area contributed by atoms with Crippen LogP contribution in [0, 0.1) is 13.8 Å². The molecule has 3 aromatic heterocycles. The first kappa shape index (κ1) is 22.9. The van der Waals surface area contributed by atoms with E-state index in [2.05, 4.69) is 36.2 Å². The maximum absolute atomic E-state index is 12.6. The molecule has 0 saturated heterocycles. The first-order valence-corrected chi connectivity index (χ1v) is 12.1. The summed E-state index contributed by atoms with van der Waals surface area (Å²) in [4.78, 5) is 17.2. The van der Waals surface area contributed by atoms with Gasteiger partial charge in [0.05, 0.1) is 23.3 Å². The van der Waals surface area contributed by atoms with Gasteiger partial charge in [0.25, 0.3) is 5.91 Å². The van der Waals surface area contributed by atoms with Crippen LogP contribution in [0.5, 0.6) is 0 Å². The first-order valence-electron chi connectivity index (χ1n) is 9.85. The summed E-state index contributed by atoms with van der Waals surface area (Å²) in [6.07, 6.45) is 3.18. The molecule has 0 spiro atoms. The summed E-state index contributed by atoms with van der Waals surface area (Å²) in [6, 6.07) is 13.3. The highest BCUT2D eigenvalue weighted by atomic mass is 79.9. The molecule has 0 radical (unpaired) electrons. The fourth-order valence-corrected chi connectivity index (χ4v) is 4.43. The van der Waals surface area contributed by atoms with Gasteiger partial charge in [0.1, 0.15) is 22.9 Å². The Balaban J connectivity index is 1.38. The predicted octanol–water partition coefficient (Wildman–Crippen LogP) is 3.55. The summed E-state index contributed by atoms with van der Waals surface area (Å²) in [5.41, 5.74) is 5.13. The van der Waals surface area contributed by atoms with Crippen molar-refractivity contribution in [1.29, 1.82) is 0 Å². The van der Waals surface area contributed by atoms with Gasteiger partial charge in [0.2, 0.25) is 10.0 Å². The highest BCUT2D eigenvalue weighted by Gasteiger charge is 2.17. The molecule has 170 valence electrons. The fourth-order valence-electron chi connectivity index (χ4n) is 3.17. The second kappa shape index (κ2) is 9.30. The third-order valence-corrected chi connectivity index (χ3v) is 6.70. The van der Waals surface area contributed by atoms with E-state index in [9.17, 15) is 13.2 Å². The predicted molar refractivity (Wildman–Crippen MR) is 127 cm³/mol. The number of benzene rings is 1. The molecule has 0 aliphatic rings. The van der Waals surface area contributed by atoms with Gasteiger partial charge in [-0.05, 0) is 61.9 Å². The second-order valence-corrected chi connectivity index (χ2v) is 9.94. The maximum atomic E-state index is 12.6. The number of aryl methyl sites for hydroxylation is 2. The van der Waals surface area contributed by atoms with Gasteiger partial charge in [0.15, 0.2) is 0 Å². The molecule has 1 amide bonds. The summed E-state index contributed by atoms with van der Waals surface area (Å²) in [6.45, 7) is 3.66. The number of furan rings is 1. The average Bonchev–Trinajstić information content (AvgIpc) is 3.35. The molecule has 0 aliphatic heterocycles. The van der Waals surface area contributed by atoms with Gasteiger partial charge in [-0.1, -0.05) is 22.0 Å². The van der Waals surface area contributed by atoms with Crippen LogP contribution in [-0.2, 0) is 16.6 Å². The van der Waals surface area contributed by atoms with Gasteiger partial charge in [-0.2, -0.15) is 5.10 Å². The minimum atomic E-state index is -3.67. The zero-order valence-corrected chi connectivity index (χ0v) is 20.1. The number of carbonyl (C=O) groups excluding carboxylic acids is 1. The molecule has 9 nitrogen and oxygen atoms in total. The van der Waals surface area contributed by atoms with Gasteiger partial charge < -0.3 is 4.42 Å². The number of nitrogens with one attached hydrogen (secondary N) is 2.